The summed E-state index contributed by atoms with van der Waals surface area (Å²) in [6, 6.07) is 0.541. The molecule has 1 aliphatic carbocycles. The topological polar surface area (TPSA) is 21.3 Å². The van der Waals surface area contributed by atoms with Crippen molar-refractivity contribution < 1.29 is 4.74 Å². The molecule has 3 atom stereocenters. The molecular weight excluding hydrogens is 246 g/mol. The van der Waals surface area contributed by atoms with Gasteiger partial charge in [-0.2, -0.15) is 0 Å². The number of ether oxygens (including phenoxy) is 1. The lowest BCUT2D eigenvalue weighted by atomic mass is 9.68. The predicted molar refractivity (Wildman–Crippen MR) is 88.1 cm³/mol. The first-order valence-corrected chi connectivity index (χ1v) is 8.48. The van der Waals surface area contributed by atoms with Crippen molar-refractivity contribution >= 4 is 0 Å². The second kappa shape index (κ2) is 7.26. The summed E-state index contributed by atoms with van der Waals surface area (Å²) in [4.78, 5) is 0. The third-order valence-electron chi connectivity index (χ3n) is 5.36. The summed E-state index contributed by atoms with van der Waals surface area (Å²) in [5.74, 6) is 0.803. The standard InChI is InChI=1S/C18H37NO/c1-8-18(5,6)14-9-10-15(19-7)16(13-14)20-12-11-17(2,3)4/h14-16,19H,8-13H2,1-7H3. The second-order valence-electron chi connectivity index (χ2n) is 8.47. The largest absolute Gasteiger partial charge is 0.377 e. The number of likely N-dealkylation sites (N-methyl/N-ethyl adjacent to an activating group) is 1. The van der Waals surface area contributed by atoms with Gasteiger partial charge in [0.25, 0.3) is 0 Å². The van der Waals surface area contributed by atoms with Crippen molar-refractivity contribution in [2.75, 3.05) is 13.7 Å². The van der Waals surface area contributed by atoms with E-state index in [-0.39, 0.29) is 0 Å². The summed E-state index contributed by atoms with van der Waals surface area (Å²) in [6.45, 7) is 14.9. The first kappa shape index (κ1) is 18.0. The lowest BCUT2D eigenvalue weighted by molar-refractivity contribution is -0.0363. The molecule has 0 aromatic rings. The molecule has 20 heavy (non-hydrogen) atoms. The van der Waals surface area contributed by atoms with E-state index in [4.69, 9.17) is 4.74 Å². The number of hydrogen-bond acceptors (Lipinski definition) is 2. The fraction of sp³-hybridized carbons (Fsp3) is 1.00. The number of rotatable bonds is 6. The molecule has 1 saturated carbocycles. The average molecular weight is 284 g/mol. The summed E-state index contributed by atoms with van der Waals surface area (Å²) in [7, 11) is 2.08. The van der Waals surface area contributed by atoms with Gasteiger partial charge in [-0.25, -0.2) is 0 Å². The van der Waals surface area contributed by atoms with Gasteiger partial charge < -0.3 is 10.1 Å². The molecule has 2 nitrogen and oxygen atoms in total. The molecule has 0 aliphatic heterocycles. The summed E-state index contributed by atoms with van der Waals surface area (Å²) in [5, 5.41) is 3.47. The van der Waals surface area contributed by atoms with Gasteiger partial charge in [0, 0.05) is 12.6 Å². The van der Waals surface area contributed by atoms with Crippen molar-refractivity contribution in [3.8, 4) is 0 Å². The van der Waals surface area contributed by atoms with Gasteiger partial charge in [0.15, 0.2) is 0 Å². The Balaban J connectivity index is 2.55. The molecule has 0 saturated heterocycles. The Labute approximate surface area is 127 Å². The Bertz CT molecular complexity index is 280. The maximum atomic E-state index is 6.27. The molecule has 1 fully saturated rings. The van der Waals surface area contributed by atoms with Crippen LogP contribution < -0.4 is 5.32 Å². The molecular formula is C18H37NO. The van der Waals surface area contributed by atoms with Crippen molar-refractivity contribution in [2.45, 2.75) is 85.8 Å². The Morgan fingerprint density at radius 1 is 1.10 bits per heavy atom. The van der Waals surface area contributed by atoms with E-state index in [2.05, 4.69) is 53.9 Å². The molecule has 0 bridgehead atoms. The van der Waals surface area contributed by atoms with Gasteiger partial charge in [-0.05, 0) is 49.5 Å². The monoisotopic (exact) mass is 283 g/mol. The fourth-order valence-corrected chi connectivity index (χ4v) is 3.16. The van der Waals surface area contributed by atoms with Gasteiger partial charge in [-0.3, -0.25) is 0 Å². The van der Waals surface area contributed by atoms with Crippen molar-refractivity contribution in [1.82, 2.24) is 5.32 Å². The van der Waals surface area contributed by atoms with Gasteiger partial charge in [-0.1, -0.05) is 48.0 Å². The van der Waals surface area contributed by atoms with E-state index in [1.807, 2.05) is 0 Å². The molecule has 0 amide bonds. The highest BCUT2D eigenvalue weighted by Gasteiger charge is 2.37. The zero-order valence-corrected chi connectivity index (χ0v) is 14.9. The molecule has 3 unspecified atom stereocenters. The van der Waals surface area contributed by atoms with Crippen molar-refractivity contribution in [1.29, 1.82) is 0 Å². The van der Waals surface area contributed by atoms with Crippen molar-refractivity contribution in [3.63, 3.8) is 0 Å². The minimum atomic E-state index is 0.367. The van der Waals surface area contributed by atoms with E-state index < -0.39 is 0 Å². The minimum absolute atomic E-state index is 0.367. The first-order chi connectivity index (χ1) is 9.19. The predicted octanol–water partition coefficient (Wildman–Crippen LogP) is 4.63. The normalized spacial score (nSPS) is 28.6. The minimum Gasteiger partial charge on any atom is -0.377 e. The molecule has 0 radical (unpaired) electrons. The van der Waals surface area contributed by atoms with Crippen LogP contribution in [0.15, 0.2) is 0 Å². The number of hydrogen-bond donors (Lipinski definition) is 1. The van der Waals surface area contributed by atoms with E-state index in [0.717, 1.165) is 18.9 Å². The van der Waals surface area contributed by atoms with Crippen LogP contribution in [-0.2, 0) is 4.74 Å². The van der Waals surface area contributed by atoms with Crippen LogP contribution in [0.3, 0.4) is 0 Å². The zero-order chi connectivity index (χ0) is 15.4. The first-order valence-electron chi connectivity index (χ1n) is 8.48. The highest BCUT2D eigenvalue weighted by atomic mass is 16.5. The van der Waals surface area contributed by atoms with Crippen molar-refractivity contribution in [2.24, 2.45) is 16.7 Å². The summed E-state index contributed by atoms with van der Waals surface area (Å²) >= 11 is 0. The lowest BCUT2D eigenvalue weighted by Gasteiger charge is -2.43. The maximum absolute atomic E-state index is 6.27. The quantitative estimate of drug-likeness (QED) is 0.767. The van der Waals surface area contributed by atoms with Crippen LogP contribution in [0.4, 0.5) is 0 Å². The molecule has 0 spiro atoms. The van der Waals surface area contributed by atoms with E-state index in [0.29, 0.717) is 23.0 Å². The van der Waals surface area contributed by atoms with Crippen molar-refractivity contribution in [3.05, 3.63) is 0 Å². The summed E-state index contributed by atoms with van der Waals surface area (Å²) < 4.78 is 6.27. The molecule has 1 aliphatic rings. The van der Waals surface area contributed by atoms with Gasteiger partial charge in [0.1, 0.15) is 0 Å². The lowest BCUT2D eigenvalue weighted by Crippen LogP contribution is -2.46. The highest BCUT2D eigenvalue weighted by Crippen LogP contribution is 2.41. The van der Waals surface area contributed by atoms with Crippen LogP contribution in [0.1, 0.15) is 73.6 Å². The third-order valence-corrected chi connectivity index (χ3v) is 5.36. The Morgan fingerprint density at radius 2 is 1.75 bits per heavy atom. The van der Waals surface area contributed by atoms with E-state index in [1.54, 1.807) is 0 Å². The average Bonchev–Trinajstić information content (AvgIpc) is 2.37. The van der Waals surface area contributed by atoms with E-state index in [1.165, 1.54) is 25.7 Å². The molecule has 1 rings (SSSR count). The van der Waals surface area contributed by atoms with Gasteiger partial charge in [-0.15, -0.1) is 0 Å². The van der Waals surface area contributed by atoms with Crippen LogP contribution in [0.5, 0.6) is 0 Å². The van der Waals surface area contributed by atoms with E-state index >= 15 is 0 Å². The Kier molecular flexibility index (Phi) is 6.53. The van der Waals surface area contributed by atoms with Gasteiger partial charge in [0.2, 0.25) is 0 Å². The highest BCUT2D eigenvalue weighted by molar-refractivity contribution is 4.90. The maximum Gasteiger partial charge on any atom is 0.0730 e. The molecule has 120 valence electrons. The van der Waals surface area contributed by atoms with E-state index in [9.17, 15) is 0 Å². The van der Waals surface area contributed by atoms with Gasteiger partial charge in [0.05, 0.1) is 6.10 Å². The smallest absolute Gasteiger partial charge is 0.0730 e. The molecule has 2 heteroatoms. The Hall–Kier alpha value is -0.0800. The van der Waals surface area contributed by atoms with Crippen LogP contribution >= 0.6 is 0 Å². The zero-order valence-electron chi connectivity index (χ0n) is 14.9. The van der Waals surface area contributed by atoms with Crippen LogP contribution in [-0.4, -0.2) is 25.8 Å². The van der Waals surface area contributed by atoms with Crippen LogP contribution in [0.25, 0.3) is 0 Å². The summed E-state index contributed by atoms with van der Waals surface area (Å²) in [6.07, 6.45) is 6.61. The second-order valence-corrected chi connectivity index (χ2v) is 8.47. The SMILES string of the molecule is CCC(C)(C)C1CCC(NC)C(OCCC(C)(C)C)C1. The van der Waals surface area contributed by atoms with Gasteiger partial charge >= 0.3 is 0 Å². The molecule has 1 N–H and O–H groups in total. The Morgan fingerprint density at radius 3 is 2.25 bits per heavy atom. The molecule has 0 heterocycles. The molecule has 0 aromatic heterocycles. The van der Waals surface area contributed by atoms with Crippen LogP contribution in [0, 0.1) is 16.7 Å². The number of nitrogens with one attached hydrogen (secondary N) is 1. The third kappa shape index (κ3) is 5.37. The fourth-order valence-electron chi connectivity index (χ4n) is 3.16. The summed E-state index contributed by atoms with van der Waals surface area (Å²) in [5.41, 5.74) is 0.816. The van der Waals surface area contributed by atoms with Crippen LogP contribution in [0.2, 0.25) is 0 Å². The molecule has 0 aromatic carbocycles.